The lowest BCUT2D eigenvalue weighted by atomic mass is 10.3. The van der Waals surface area contributed by atoms with E-state index in [-0.39, 0.29) is 0 Å². The smallest absolute Gasteiger partial charge is 0.0994 e. The van der Waals surface area contributed by atoms with E-state index in [2.05, 4.69) is 25.5 Å². The van der Waals surface area contributed by atoms with E-state index < -0.39 is 0 Å². The van der Waals surface area contributed by atoms with Gasteiger partial charge in [-0.3, -0.25) is 0 Å². The Morgan fingerprint density at radius 3 is 2.67 bits per heavy atom. The van der Waals surface area contributed by atoms with Crippen LogP contribution in [0.1, 0.15) is 5.69 Å². The summed E-state index contributed by atoms with van der Waals surface area (Å²) in [7, 11) is 0. The molecular formula is C11H12BrN3. The number of rotatable bonds is 3. The summed E-state index contributed by atoms with van der Waals surface area (Å²) in [6.45, 7) is 0.641. The van der Waals surface area contributed by atoms with Gasteiger partial charge in [0.2, 0.25) is 0 Å². The summed E-state index contributed by atoms with van der Waals surface area (Å²) in [6.07, 6.45) is 4.51. The van der Waals surface area contributed by atoms with Crippen LogP contribution in [-0.2, 0) is 6.42 Å². The zero-order valence-corrected chi connectivity index (χ0v) is 9.81. The fourth-order valence-corrected chi connectivity index (χ4v) is 1.75. The van der Waals surface area contributed by atoms with Gasteiger partial charge in [-0.1, -0.05) is 15.9 Å². The Morgan fingerprint density at radius 2 is 2.00 bits per heavy atom. The van der Waals surface area contributed by atoms with Crippen LogP contribution in [-0.4, -0.2) is 16.1 Å². The monoisotopic (exact) mass is 265 g/mol. The predicted octanol–water partition coefficient (Wildman–Crippen LogP) is 2.14. The highest BCUT2D eigenvalue weighted by molar-refractivity contribution is 9.10. The van der Waals surface area contributed by atoms with Gasteiger partial charge in [0.1, 0.15) is 0 Å². The molecule has 0 unspecified atom stereocenters. The lowest BCUT2D eigenvalue weighted by molar-refractivity contribution is 0.873. The van der Waals surface area contributed by atoms with Gasteiger partial charge in [0, 0.05) is 28.5 Å². The summed E-state index contributed by atoms with van der Waals surface area (Å²) in [6, 6.07) is 8.13. The first-order chi connectivity index (χ1) is 7.31. The maximum atomic E-state index is 5.54. The minimum Gasteiger partial charge on any atom is -0.330 e. The number of nitrogens with two attached hydrogens (primary N) is 1. The number of benzene rings is 1. The first-order valence-corrected chi connectivity index (χ1v) is 5.58. The fourth-order valence-electron chi connectivity index (χ4n) is 1.49. The zero-order chi connectivity index (χ0) is 10.7. The van der Waals surface area contributed by atoms with E-state index in [0.29, 0.717) is 6.54 Å². The van der Waals surface area contributed by atoms with Crippen molar-refractivity contribution in [1.82, 2.24) is 9.55 Å². The van der Waals surface area contributed by atoms with Gasteiger partial charge in [0.15, 0.2) is 0 Å². The van der Waals surface area contributed by atoms with E-state index in [1.807, 2.05) is 36.8 Å². The van der Waals surface area contributed by atoms with E-state index in [4.69, 9.17) is 5.73 Å². The van der Waals surface area contributed by atoms with Gasteiger partial charge in [-0.05, 0) is 30.8 Å². The normalized spacial score (nSPS) is 10.5. The Balaban J connectivity index is 2.36. The molecule has 78 valence electrons. The molecule has 0 aliphatic carbocycles. The van der Waals surface area contributed by atoms with Gasteiger partial charge in [0.05, 0.1) is 6.33 Å². The van der Waals surface area contributed by atoms with Gasteiger partial charge in [0.25, 0.3) is 0 Å². The molecule has 2 rings (SSSR count). The maximum absolute atomic E-state index is 5.54. The molecule has 0 fully saturated rings. The lowest BCUT2D eigenvalue weighted by Crippen LogP contribution is -2.07. The van der Waals surface area contributed by atoms with Crippen LogP contribution in [0, 0.1) is 0 Å². The number of nitrogens with zero attached hydrogens (tertiary/aromatic N) is 2. The van der Waals surface area contributed by atoms with E-state index in [0.717, 1.165) is 22.3 Å². The predicted molar refractivity (Wildman–Crippen MR) is 64.0 cm³/mol. The molecule has 0 amide bonds. The van der Waals surface area contributed by atoms with Crippen LogP contribution >= 0.6 is 15.9 Å². The summed E-state index contributed by atoms with van der Waals surface area (Å²) >= 11 is 3.41. The molecule has 0 bridgehead atoms. The van der Waals surface area contributed by atoms with Crippen LogP contribution in [0.25, 0.3) is 5.69 Å². The Kier molecular flexibility index (Phi) is 3.18. The molecule has 1 aromatic carbocycles. The zero-order valence-electron chi connectivity index (χ0n) is 8.23. The standard InChI is InChI=1S/C11H12BrN3/c12-9-1-3-10(4-2-9)15-8-14-7-11(15)5-6-13/h1-4,7-8H,5-6,13H2. The minimum absolute atomic E-state index is 0.641. The molecule has 15 heavy (non-hydrogen) atoms. The number of aromatic nitrogens is 2. The quantitative estimate of drug-likeness (QED) is 0.924. The van der Waals surface area contributed by atoms with E-state index in [1.54, 1.807) is 0 Å². The maximum Gasteiger partial charge on any atom is 0.0994 e. The molecule has 0 saturated heterocycles. The Labute approximate surface area is 97.1 Å². The van der Waals surface area contributed by atoms with Gasteiger partial charge in [-0.15, -0.1) is 0 Å². The SMILES string of the molecule is NCCc1cncn1-c1ccc(Br)cc1. The van der Waals surface area contributed by atoms with Gasteiger partial charge < -0.3 is 10.3 Å². The largest absolute Gasteiger partial charge is 0.330 e. The highest BCUT2D eigenvalue weighted by Gasteiger charge is 2.02. The highest BCUT2D eigenvalue weighted by Crippen LogP contribution is 2.15. The topological polar surface area (TPSA) is 43.8 Å². The van der Waals surface area contributed by atoms with Crippen molar-refractivity contribution in [3.05, 3.63) is 47.0 Å². The molecule has 0 radical (unpaired) electrons. The third-order valence-corrected chi connectivity index (χ3v) is 2.75. The van der Waals surface area contributed by atoms with Crippen molar-refractivity contribution >= 4 is 15.9 Å². The summed E-state index contributed by atoms with van der Waals surface area (Å²) < 4.78 is 3.13. The van der Waals surface area contributed by atoms with Crippen molar-refractivity contribution in [3.63, 3.8) is 0 Å². The third kappa shape index (κ3) is 2.27. The molecule has 2 N–H and O–H groups in total. The van der Waals surface area contributed by atoms with Crippen LogP contribution in [0.5, 0.6) is 0 Å². The van der Waals surface area contributed by atoms with Crippen molar-refractivity contribution in [2.24, 2.45) is 5.73 Å². The van der Waals surface area contributed by atoms with Crippen LogP contribution in [0.3, 0.4) is 0 Å². The number of hydrogen-bond acceptors (Lipinski definition) is 2. The van der Waals surface area contributed by atoms with E-state index >= 15 is 0 Å². The molecule has 1 heterocycles. The summed E-state index contributed by atoms with van der Waals surface area (Å²) in [5.41, 5.74) is 7.79. The first-order valence-electron chi connectivity index (χ1n) is 4.78. The molecule has 0 aliphatic heterocycles. The molecule has 0 saturated carbocycles. The molecule has 3 nitrogen and oxygen atoms in total. The van der Waals surface area contributed by atoms with E-state index in [9.17, 15) is 0 Å². The number of imidazole rings is 1. The second kappa shape index (κ2) is 4.59. The van der Waals surface area contributed by atoms with Crippen molar-refractivity contribution in [3.8, 4) is 5.69 Å². The number of halogens is 1. The molecule has 0 aliphatic rings. The Hall–Kier alpha value is -1.13. The average Bonchev–Trinajstić information content (AvgIpc) is 2.68. The summed E-state index contributed by atoms with van der Waals surface area (Å²) in [5, 5.41) is 0. The van der Waals surface area contributed by atoms with Crippen molar-refractivity contribution in [2.75, 3.05) is 6.54 Å². The second-order valence-corrected chi connectivity index (χ2v) is 4.19. The molecule has 0 atom stereocenters. The molecular weight excluding hydrogens is 254 g/mol. The molecule has 1 aromatic heterocycles. The fraction of sp³-hybridized carbons (Fsp3) is 0.182. The lowest BCUT2D eigenvalue weighted by Gasteiger charge is -2.06. The first kappa shape index (κ1) is 10.4. The van der Waals surface area contributed by atoms with Crippen LogP contribution in [0.15, 0.2) is 41.3 Å². The second-order valence-electron chi connectivity index (χ2n) is 3.27. The van der Waals surface area contributed by atoms with E-state index in [1.165, 1.54) is 0 Å². The Morgan fingerprint density at radius 1 is 1.27 bits per heavy atom. The van der Waals surface area contributed by atoms with Gasteiger partial charge >= 0.3 is 0 Å². The van der Waals surface area contributed by atoms with Gasteiger partial charge in [-0.25, -0.2) is 4.98 Å². The summed E-state index contributed by atoms with van der Waals surface area (Å²) in [5.74, 6) is 0. The summed E-state index contributed by atoms with van der Waals surface area (Å²) in [4.78, 5) is 4.14. The van der Waals surface area contributed by atoms with Gasteiger partial charge in [-0.2, -0.15) is 0 Å². The van der Waals surface area contributed by atoms with Crippen molar-refractivity contribution in [2.45, 2.75) is 6.42 Å². The Bertz CT molecular complexity index is 433. The van der Waals surface area contributed by atoms with Crippen LogP contribution < -0.4 is 5.73 Å². The van der Waals surface area contributed by atoms with Crippen LogP contribution in [0.2, 0.25) is 0 Å². The minimum atomic E-state index is 0.641. The molecule has 0 spiro atoms. The highest BCUT2D eigenvalue weighted by atomic mass is 79.9. The molecule has 4 heteroatoms. The van der Waals surface area contributed by atoms with Crippen molar-refractivity contribution < 1.29 is 0 Å². The molecule has 2 aromatic rings. The number of hydrogen-bond donors (Lipinski definition) is 1. The average molecular weight is 266 g/mol. The van der Waals surface area contributed by atoms with Crippen LogP contribution in [0.4, 0.5) is 0 Å². The van der Waals surface area contributed by atoms with Crippen molar-refractivity contribution in [1.29, 1.82) is 0 Å². The third-order valence-electron chi connectivity index (χ3n) is 2.22.